The maximum absolute atomic E-state index is 12.4. The molecule has 0 radical (unpaired) electrons. The van der Waals surface area contributed by atoms with Crippen molar-refractivity contribution in [1.29, 1.82) is 0 Å². The highest BCUT2D eigenvalue weighted by Crippen LogP contribution is 2.15. The summed E-state index contributed by atoms with van der Waals surface area (Å²) in [6.07, 6.45) is 1.43. The van der Waals surface area contributed by atoms with Gasteiger partial charge in [0.05, 0.1) is 16.5 Å². The Bertz CT molecular complexity index is 1200. The SMILES string of the molecule is Cn1/c(=N/NC(=O)c2ccc(NC(=O)c3ccco3)cc2)sc2ccccc21. The normalized spacial score (nSPS) is 11.5. The van der Waals surface area contributed by atoms with Crippen molar-refractivity contribution >= 4 is 39.1 Å². The molecule has 2 aromatic carbocycles. The van der Waals surface area contributed by atoms with E-state index in [1.54, 1.807) is 36.4 Å². The molecule has 2 amide bonds. The fraction of sp³-hybridized carbons (Fsp3) is 0.0500. The molecule has 0 fully saturated rings. The molecule has 2 heterocycles. The summed E-state index contributed by atoms with van der Waals surface area (Å²) >= 11 is 1.49. The standard InChI is InChI=1S/C20H16N4O3S/c1-24-15-5-2-3-7-17(15)28-20(24)23-22-18(25)13-8-10-14(11-9-13)21-19(26)16-6-4-12-27-16/h2-12H,1H3,(H,21,26)(H,22,25)/b23-20-. The zero-order valence-corrected chi connectivity index (χ0v) is 15.7. The lowest BCUT2D eigenvalue weighted by atomic mass is 10.2. The van der Waals surface area contributed by atoms with Gasteiger partial charge in [0.25, 0.3) is 11.8 Å². The second kappa shape index (κ2) is 7.53. The second-order valence-corrected chi connectivity index (χ2v) is 6.98. The van der Waals surface area contributed by atoms with E-state index in [4.69, 9.17) is 4.42 Å². The Hall–Kier alpha value is -3.65. The van der Waals surface area contributed by atoms with Gasteiger partial charge in [0.2, 0.25) is 4.80 Å². The summed E-state index contributed by atoms with van der Waals surface area (Å²) in [5.74, 6) is -0.465. The smallest absolute Gasteiger partial charge is 0.291 e. The van der Waals surface area contributed by atoms with Gasteiger partial charge in [-0.25, -0.2) is 5.43 Å². The lowest BCUT2D eigenvalue weighted by Gasteiger charge is -2.04. The Kier molecular flexibility index (Phi) is 4.77. The molecule has 140 valence electrons. The van der Waals surface area contributed by atoms with Crippen LogP contribution in [0.15, 0.2) is 76.4 Å². The summed E-state index contributed by atoms with van der Waals surface area (Å²) in [5.41, 5.74) is 4.62. The zero-order chi connectivity index (χ0) is 19.5. The van der Waals surface area contributed by atoms with Crippen molar-refractivity contribution in [1.82, 2.24) is 9.99 Å². The third-order valence-corrected chi connectivity index (χ3v) is 5.23. The number of carbonyl (C=O) groups is 2. The van der Waals surface area contributed by atoms with Crippen LogP contribution < -0.4 is 15.5 Å². The number of carbonyl (C=O) groups excluding carboxylic acids is 2. The van der Waals surface area contributed by atoms with Gasteiger partial charge in [-0.1, -0.05) is 23.5 Å². The number of furan rings is 1. The number of rotatable bonds is 4. The first kappa shape index (κ1) is 17.7. The maximum atomic E-state index is 12.4. The molecule has 0 aliphatic rings. The molecule has 0 saturated heterocycles. The third kappa shape index (κ3) is 3.58. The molecular weight excluding hydrogens is 376 g/mol. The number of benzene rings is 2. The highest BCUT2D eigenvalue weighted by Gasteiger charge is 2.10. The number of aromatic nitrogens is 1. The lowest BCUT2D eigenvalue weighted by Crippen LogP contribution is -2.23. The molecule has 0 unspecified atom stereocenters. The predicted molar refractivity (Wildman–Crippen MR) is 107 cm³/mol. The second-order valence-electron chi connectivity index (χ2n) is 5.97. The monoisotopic (exact) mass is 392 g/mol. The molecule has 2 aromatic heterocycles. The lowest BCUT2D eigenvalue weighted by molar-refractivity contribution is 0.0952. The molecule has 0 spiro atoms. The van der Waals surface area contributed by atoms with Crippen LogP contribution in [0, 0.1) is 0 Å². The number of thiazole rings is 1. The molecule has 2 N–H and O–H groups in total. The van der Waals surface area contributed by atoms with E-state index in [9.17, 15) is 9.59 Å². The van der Waals surface area contributed by atoms with E-state index >= 15 is 0 Å². The van der Waals surface area contributed by atoms with Crippen LogP contribution in [0.4, 0.5) is 5.69 Å². The average Bonchev–Trinajstić information content (AvgIpc) is 3.36. The Morgan fingerprint density at radius 2 is 1.79 bits per heavy atom. The van der Waals surface area contributed by atoms with Crippen LogP contribution in [-0.2, 0) is 7.05 Å². The van der Waals surface area contributed by atoms with Crippen LogP contribution >= 0.6 is 11.3 Å². The van der Waals surface area contributed by atoms with Gasteiger partial charge in [-0.3, -0.25) is 9.59 Å². The Morgan fingerprint density at radius 3 is 2.50 bits per heavy atom. The minimum atomic E-state index is -0.352. The molecule has 28 heavy (non-hydrogen) atoms. The molecule has 0 bridgehead atoms. The van der Waals surface area contributed by atoms with Crippen LogP contribution in [-0.4, -0.2) is 16.4 Å². The minimum Gasteiger partial charge on any atom is -0.459 e. The molecule has 7 nitrogen and oxygen atoms in total. The van der Waals surface area contributed by atoms with Crippen LogP contribution in [0.5, 0.6) is 0 Å². The van der Waals surface area contributed by atoms with Crippen LogP contribution in [0.25, 0.3) is 10.2 Å². The van der Waals surface area contributed by atoms with E-state index in [0.29, 0.717) is 16.1 Å². The summed E-state index contributed by atoms with van der Waals surface area (Å²) < 4.78 is 8.06. The van der Waals surface area contributed by atoms with E-state index in [1.165, 1.54) is 17.6 Å². The number of anilines is 1. The first-order valence-corrected chi connectivity index (χ1v) is 9.27. The molecule has 8 heteroatoms. The summed E-state index contributed by atoms with van der Waals surface area (Å²) in [7, 11) is 1.90. The van der Waals surface area contributed by atoms with Crippen molar-refractivity contribution in [2.45, 2.75) is 0 Å². The van der Waals surface area contributed by atoms with Gasteiger partial charge in [-0.2, -0.15) is 0 Å². The number of amides is 2. The summed E-state index contributed by atoms with van der Waals surface area (Å²) in [5, 5.41) is 6.92. The van der Waals surface area contributed by atoms with E-state index in [2.05, 4.69) is 15.8 Å². The van der Waals surface area contributed by atoms with E-state index in [1.807, 2.05) is 35.9 Å². The van der Waals surface area contributed by atoms with Gasteiger partial charge < -0.3 is 14.3 Å². The van der Waals surface area contributed by atoms with Gasteiger partial charge >= 0.3 is 0 Å². The summed E-state index contributed by atoms with van der Waals surface area (Å²) in [4.78, 5) is 25.0. The highest BCUT2D eigenvalue weighted by atomic mass is 32.1. The third-order valence-electron chi connectivity index (χ3n) is 4.12. The predicted octanol–water partition coefficient (Wildman–Crippen LogP) is 3.33. The van der Waals surface area contributed by atoms with Crippen molar-refractivity contribution < 1.29 is 14.0 Å². The highest BCUT2D eigenvalue weighted by molar-refractivity contribution is 7.16. The number of hydrogen-bond acceptors (Lipinski definition) is 5. The summed E-state index contributed by atoms with van der Waals surface area (Å²) in [6, 6.07) is 17.7. The first-order chi connectivity index (χ1) is 13.6. The van der Waals surface area contributed by atoms with E-state index < -0.39 is 0 Å². The first-order valence-electron chi connectivity index (χ1n) is 8.45. The fourth-order valence-corrected chi connectivity index (χ4v) is 3.64. The topological polar surface area (TPSA) is 88.6 Å². The van der Waals surface area contributed by atoms with Gasteiger partial charge in [0.1, 0.15) is 0 Å². The Morgan fingerprint density at radius 1 is 1.00 bits per heavy atom. The quantitative estimate of drug-likeness (QED) is 0.522. The van der Waals surface area contributed by atoms with Gasteiger partial charge in [0, 0.05) is 18.3 Å². The molecule has 0 saturated carbocycles. The largest absolute Gasteiger partial charge is 0.459 e. The average molecular weight is 392 g/mol. The van der Waals surface area contributed by atoms with Crippen LogP contribution in [0.1, 0.15) is 20.9 Å². The van der Waals surface area contributed by atoms with Gasteiger partial charge in [-0.05, 0) is 48.5 Å². The van der Waals surface area contributed by atoms with Crippen LogP contribution in [0.2, 0.25) is 0 Å². The molecular formula is C20H16N4O3S. The van der Waals surface area contributed by atoms with Gasteiger partial charge in [-0.15, -0.1) is 5.10 Å². The van der Waals surface area contributed by atoms with Crippen molar-refractivity contribution in [3.8, 4) is 0 Å². The Labute approximate surface area is 163 Å². The summed E-state index contributed by atoms with van der Waals surface area (Å²) in [6.45, 7) is 0. The molecule has 4 rings (SSSR count). The maximum Gasteiger partial charge on any atom is 0.291 e. The van der Waals surface area contributed by atoms with Crippen molar-refractivity contribution in [3.05, 3.63) is 83.1 Å². The van der Waals surface area contributed by atoms with Crippen molar-refractivity contribution in [2.75, 3.05) is 5.32 Å². The fourth-order valence-electron chi connectivity index (χ4n) is 2.66. The number of nitrogens with zero attached hydrogens (tertiary/aromatic N) is 2. The molecule has 0 atom stereocenters. The number of nitrogens with one attached hydrogen (secondary N) is 2. The Balaban J connectivity index is 1.46. The van der Waals surface area contributed by atoms with E-state index in [-0.39, 0.29) is 17.6 Å². The van der Waals surface area contributed by atoms with Crippen molar-refractivity contribution in [2.24, 2.45) is 12.1 Å². The number of hydrogen-bond donors (Lipinski definition) is 2. The minimum absolute atomic E-state index is 0.219. The zero-order valence-electron chi connectivity index (χ0n) is 14.9. The number of aryl methyl sites for hydroxylation is 1. The molecule has 4 aromatic rings. The van der Waals surface area contributed by atoms with Crippen LogP contribution in [0.3, 0.4) is 0 Å². The van der Waals surface area contributed by atoms with Crippen molar-refractivity contribution in [3.63, 3.8) is 0 Å². The van der Waals surface area contributed by atoms with Gasteiger partial charge in [0.15, 0.2) is 5.76 Å². The molecule has 0 aliphatic heterocycles. The number of fused-ring (bicyclic) bond motifs is 1. The molecule has 0 aliphatic carbocycles. The number of para-hydroxylation sites is 1. The van der Waals surface area contributed by atoms with E-state index in [0.717, 1.165) is 10.2 Å².